The van der Waals surface area contributed by atoms with Crippen LogP contribution in [0.2, 0.25) is 0 Å². The number of aromatic nitrogens is 3. The fourth-order valence-electron chi connectivity index (χ4n) is 1.98. The largest absolute Gasteiger partial charge is 0.496 e. The third-order valence-corrected chi connectivity index (χ3v) is 4.63. The van der Waals surface area contributed by atoms with Gasteiger partial charge in [-0.15, -0.1) is 5.10 Å². The number of H-pyrrole nitrogens is 1. The maximum absolute atomic E-state index is 5.23. The summed E-state index contributed by atoms with van der Waals surface area (Å²) in [4.78, 5) is 4.51. The summed E-state index contributed by atoms with van der Waals surface area (Å²) in [5.41, 5.74) is 2.22. The first-order valence-corrected chi connectivity index (χ1v) is 8.47. The van der Waals surface area contributed by atoms with E-state index in [2.05, 4.69) is 37.2 Å². The van der Waals surface area contributed by atoms with Gasteiger partial charge in [-0.1, -0.05) is 48.2 Å². The number of halogens is 1. The summed E-state index contributed by atoms with van der Waals surface area (Å²) in [5.74, 6) is 2.42. The number of thioether (sulfide) groups is 1. The van der Waals surface area contributed by atoms with Crippen molar-refractivity contribution in [1.82, 2.24) is 15.2 Å². The van der Waals surface area contributed by atoms with Crippen molar-refractivity contribution < 1.29 is 4.74 Å². The molecule has 0 spiro atoms. The van der Waals surface area contributed by atoms with Gasteiger partial charge in [0.2, 0.25) is 5.16 Å². The first-order chi connectivity index (χ1) is 10.8. The van der Waals surface area contributed by atoms with Crippen LogP contribution >= 0.6 is 27.7 Å². The second-order valence-electron chi connectivity index (χ2n) is 4.59. The SMILES string of the molecule is COc1ccc(CSc2n[nH]c(-c3ccccc3)n2)cc1Br. The molecule has 0 radical (unpaired) electrons. The van der Waals surface area contributed by atoms with Crippen molar-refractivity contribution in [3.8, 4) is 17.1 Å². The van der Waals surface area contributed by atoms with Gasteiger partial charge in [0.25, 0.3) is 0 Å². The number of rotatable bonds is 5. The van der Waals surface area contributed by atoms with Gasteiger partial charge in [-0.2, -0.15) is 0 Å². The van der Waals surface area contributed by atoms with E-state index in [1.807, 2.05) is 42.5 Å². The molecule has 0 unspecified atom stereocenters. The molecule has 0 bridgehead atoms. The fraction of sp³-hybridized carbons (Fsp3) is 0.125. The number of benzene rings is 2. The zero-order valence-electron chi connectivity index (χ0n) is 11.9. The van der Waals surface area contributed by atoms with Crippen molar-refractivity contribution in [2.75, 3.05) is 7.11 Å². The van der Waals surface area contributed by atoms with E-state index in [-0.39, 0.29) is 0 Å². The number of nitrogens with zero attached hydrogens (tertiary/aromatic N) is 2. The summed E-state index contributed by atoms with van der Waals surface area (Å²) >= 11 is 5.09. The van der Waals surface area contributed by atoms with E-state index in [1.54, 1.807) is 18.9 Å². The Hall–Kier alpha value is -1.79. The molecule has 0 saturated carbocycles. The van der Waals surface area contributed by atoms with Gasteiger partial charge >= 0.3 is 0 Å². The minimum atomic E-state index is 0.741. The van der Waals surface area contributed by atoms with E-state index in [0.717, 1.165) is 32.5 Å². The lowest BCUT2D eigenvalue weighted by Gasteiger charge is -2.05. The normalized spacial score (nSPS) is 10.6. The number of aromatic amines is 1. The van der Waals surface area contributed by atoms with Crippen LogP contribution in [0.25, 0.3) is 11.4 Å². The molecule has 4 nitrogen and oxygen atoms in total. The topological polar surface area (TPSA) is 50.8 Å². The standard InChI is InChI=1S/C16H14BrN3OS/c1-21-14-8-7-11(9-13(14)17)10-22-16-18-15(19-20-16)12-5-3-2-4-6-12/h2-9H,10H2,1H3,(H,18,19,20). The Morgan fingerprint density at radius 1 is 1.18 bits per heavy atom. The molecule has 1 aromatic heterocycles. The van der Waals surface area contributed by atoms with E-state index < -0.39 is 0 Å². The lowest BCUT2D eigenvalue weighted by molar-refractivity contribution is 0.412. The Balaban J connectivity index is 1.67. The summed E-state index contributed by atoms with van der Waals surface area (Å²) in [6, 6.07) is 16.0. The second kappa shape index (κ2) is 6.98. The van der Waals surface area contributed by atoms with Gasteiger partial charge in [0.05, 0.1) is 11.6 Å². The van der Waals surface area contributed by atoms with Crippen LogP contribution in [-0.2, 0) is 5.75 Å². The number of hydrogen-bond acceptors (Lipinski definition) is 4. The molecule has 0 saturated heterocycles. The third-order valence-electron chi connectivity index (χ3n) is 3.10. The molecule has 6 heteroatoms. The first-order valence-electron chi connectivity index (χ1n) is 6.69. The Labute approximate surface area is 141 Å². The van der Waals surface area contributed by atoms with Crippen LogP contribution in [0.3, 0.4) is 0 Å². The summed E-state index contributed by atoms with van der Waals surface area (Å²) in [6.45, 7) is 0. The van der Waals surface area contributed by atoms with Crippen molar-refractivity contribution in [3.63, 3.8) is 0 Å². The molecule has 22 heavy (non-hydrogen) atoms. The Kier molecular flexibility index (Phi) is 4.80. The van der Waals surface area contributed by atoms with Gasteiger partial charge in [0.15, 0.2) is 5.82 Å². The summed E-state index contributed by atoms with van der Waals surface area (Å²) in [5, 5.41) is 7.97. The quantitative estimate of drug-likeness (QED) is 0.665. The molecule has 0 aliphatic rings. The molecule has 0 fully saturated rings. The molecule has 3 aromatic rings. The zero-order valence-corrected chi connectivity index (χ0v) is 14.3. The molecule has 1 N–H and O–H groups in total. The highest BCUT2D eigenvalue weighted by Gasteiger charge is 2.07. The summed E-state index contributed by atoms with van der Waals surface area (Å²) in [7, 11) is 1.66. The van der Waals surface area contributed by atoms with Crippen molar-refractivity contribution in [2.24, 2.45) is 0 Å². The molecule has 112 valence electrons. The fourth-order valence-corrected chi connectivity index (χ4v) is 3.31. The van der Waals surface area contributed by atoms with Gasteiger partial charge in [-0.05, 0) is 33.6 Å². The minimum absolute atomic E-state index is 0.741. The highest BCUT2D eigenvalue weighted by Crippen LogP contribution is 2.28. The molecular formula is C16H14BrN3OS. The predicted molar refractivity (Wildman–Crippen MR) is 92.1 cm³/mol. The smallest absolute Gasteiger partial charge is 0.209 e. The molecule has 0 aliphatic carbocycles. The van der Waals surface area contributed by atoms with Crippen LogP contribution in [0.1, 0.15) is 5.56 Å². The summed E-state index contributed by atoms with van der Waals surface area (Å²) in [6.07, 6.45) is 0. The van der Waals surface area contributed by atoms with E-state index in [0.29, 0.717) is 0 Å². The minimum Gasteiger partial charge on any atom is -0.496 e. The maximum atomic E-state index is 5.23. The van der Waals surface area contributed by atoms with E-state index in [9.17, 15) is 0 Å². The number of hydrogen-bond donors (Lipinski definition) is 1. The molecule has 2 aromatic carbocycles. The maximum Gasteiger partial charge on any atom is 0.209 e. The number of ether oxygens (including phenoxy) is 1. The van der Waals surface area contributed by atoms with Crippen LogP contribution in [0.5, 0.6) is 5.75 Å². The molecule has 0 amide bonds. The van der Waals surface area contributed by atoms with Crippen LogP contribution in [-0.4, -0.2) is 22.3 Å². The number of nitrogens with one attached hydrogen (secondary N) is 1. The van der Waals surface area contributed by atoms with Gasteiger partial charge in [-0.25, -0.2) is 4.98 Å². The lowest BCUT2D eigenvalue weighted by Crippen LogP contribution is -1.87. The molecule has 3 rings (SSSR count). The molecule has 0 atom stereocenters. The van der Waals surface area contributed by atoms with Crippen molar-refractivity contribution in [1.29, 1.82) is 0 Å². The van der Waals surface area contributed by atoms with Gasteiger partial charge in [-0.3, -0.25) is 5.10 Å². The van der Waals surface area contributed by atoms with Gasteiger partial charge in [0.1, 0.15) is 5.75 Å². The van der Waals surface area contributed by atoms with Crippen LogP contribution in [0, 0.1) is 0 Å². The van der Waals surface area contributed by atoms with Crippen LogP contribution in [0.4, 0.5) is 0 Å². The van der Waals surface area contributed by atoms with E-state index >= 15 is 0 Å². The molecule has 1 heterocycles. The van der Waals surface area contributed by atoms with Crippen LogP contribution in [0.15, 0.2) is 58.2 Å². The molecule has 0 aliphatic heterocycles. The zero-order chi connectivity index (χ0) is 15.4. The Morgan fingerprint density at radius 2 is 2.00 bits per heavy atom. The Morgan fingerprint density at radius 3 is 2.73 bits per heavy atom. The highest BCUT2D eigenvalue weighted by molar-refractivity contribution is 9.10. The Bertz CT molecular complexity index is 761. The van der Waals surface area contributed by atoms with Crippen molar-refractivity contribution in [2.45, 2.75) is 10.9 Å². The number of methoxy groups -OCH3 is 1. The second-order valence-corrected chi connectivity index (χ2v) is 6.39. The van der Waals surface area contributed by atoms with Crippen molar-refractivity contribution >= 4 is 27.7 Å². The lowest BCUT2D eigenvalue weighted by atomic mass is 10.2. The van der Waals surface area contributed by atoms with Crippen LogP contribution < -0.4 is 4.74 Å². The highest BCUT2D eigenvalue weighted by atomic mass is 79.9. The van der Waals surface area contributed by atoms with Crippen molar-refractivity contribution in [3.05, 3.63) is 58.6 Å². The van der Waals surface area contributed by atoms with E-state index in [4.69, 9.17) is 4.74 Å². The monoisotopic (exact) mass is 375 g/mol. The van der Waals surface area contributed by atoms with Gasteiger partial charge in [0, 0.05) is 11.3 Å². The first kappa shape index (κ1) is 15.1. The average molecular weight is 376 g/mol. The average Bonchev–Trinajstić information content (AvgIpc) is 3.03. The summed E-state index contributed by atoms with van der Waals surface area (Å²) < 4.78 is 6.18. The van der Waals surface area contributed by atoms with Gasteiger partial charge < -0.3 is 4.74 Å². The van der Waals surface area contributed by atoms with E-state index in [1.165, 1.54) is 5.56 Å². The predicted octanol–water partition coefficient (Wildman–Crippen LogP) is 4.54. The molecular weight excluding hydrogens is 362 g/mol. The third kappa shape index (κ3) is 3.51.